The SMILES string of the molecule is CCCON(C(=O)CCC)c1ccccc1. The average molecular weight is 221 g/mol. The fourth-order valence-electron chi connectivity index (χ4n) is 1.35. The predicted octanol–water partition coefficient (Wildman–Crippen LogP) is 3.16. The first-order valence-electron chi connectivity index (χ1n) is 5.80. The van der Waals surface area contributed by atoms with Crippen LogP contribution in [0.4, 0.5) is 5.69 Å². The van der Waals surface area contributed by atoms with Crippen molar-refractivity contribution in [2.45, 2.75) is 33.1 Å². The summed E-state index contributed by atoms with van der Waals surface area (Å²) in [6, 6.07) is 9.48. The van der Waals surface area contributed by atoms with Crippen LogP contribution in [0.15, 0.2) is 30.3 Å². The van der Waals surface area contributed by atoms with Gasteiger partial charge >= 0.3 is 0 Å². The molecule has 1 rings (SSSR count). The molecule has 0 saturated carbocycles. The van der Waals surface area contributed by atoms with Crippen LogP contribution < -0.4 is 5.06 Å². The van der Waals surface area contributed by atoms with Gasteiger partial charge in [-0.3, -0.25) is 9.63 Å². The van der Waals surface area contributed by atoms with E-state index in [1.54, 1.807) is 0 Å². The number of rotatable bonds is 6. The molecular weight excluding hydrogens is 202 g/mol. The third-order valence-electron chi connectivity index (χ3n) is 2.11. The Bertz CT molecular complexity index is 311. The number of hydrogen-bond donors (Lipinski definition) is 0. The zero-order chi connectivity index (χ0) is 11.8. The first-order valence-corrected chi connectivity index (χ1v) is 5.80. The standard InChI is InChI=1S/C13H19NO2/c1-3-8-13(15)14(16-11-4-2)12-9-6-5-7-10-12/h5-7,9-10H,3-4,8,11H2,1-2H3. The molecule has 0 fully saturated rings. The van der Waals surface area contributed by atoms with Crippen LogP contribution in [0.25, 0.3) is 0 Å². The molecule has 0 N–H and O–H groups in total. The molecule has 1 amide bonds. The molecule has 16 heavy (non-hydrogen) atoms. The third-order valence-corrected chi connectivity index (χ3v) is 2.11. The summed E-state index contributed by atoms with van der Waals surface area (Å²) < 4.78 is 0. The molecular formula is C13H19NO2. The molecule has 0 aliphatic carbocycles. The molecule has 0 radical (unpaired) electrons. The van der Waals surface area contributed by atoms with Crippen molar-refractivity contribution in [1.82, 2.24) is 0 Å². The highest BCUT2D eigenvalue weighted by atomic mass is 16.7. The number of anilines is 1. The summed E-state index contributed by atoms with van der Waals surface area (Å²) in [7, 11) is 0. The molecule has 0 aliphatic rings. The molecule has 1 aromatic carbocycles. The first kappa shape index (κ1) is 12.7. The summed E-state index contributed by atoms with van der Waals surface area (Å²) in [4.78, 5) is 17.3. The van der Waals surface area contributed by atoms with E-state index in [0.29, 0.717) is 13.0 Å². The van der Waals surface area contributed by atoms with E-state index in [0.717, 1.165) is 18.5 Å². The topological polar surface area (TPSA) is 29.5 Å². The number of hydrogen-bond acceptors (Lipinski definition) is 2. The number of carbonyl (C=O) groups excluding carboxylic acids is 1. The lowest BCUT2D eigenvalue weighted by Crippen LogP contribution is -2.31. The van der Waals surface area contributed by atoms with Gasteiger partial charge in [0, 0.05) is 6.42 Å². The van der Waals surface area contributed by atoms with Crippen molar-refractivity contribution >= 4 is 11.6 Å². The van der Waals surface area contributed by atoms with Crippen molar-refractivity contribution in [3.8, 4) is 0 Å². The second-order valence-electron chi connectivity index (χ2n) is 3.61. The zero-order valence-electron chi connectivity index (χ0n) is 9.98. The molecule has 0 aromatic heterocycles. The number of carbonyl (C=O) groups is 1. The van der Waals surface area contributed by atoms with Gasteiger partial charge in [-0.05, 0) is 25.0 Å². The lowest BCUT2D eigenvalue weighted by Gasteiger charge is -2.21. The minimum absolute atomic E-state index is 0.0159. The fraction of sp³-hybridized carbons (Fsp3) is 0.462. The van der Waals surface area contributed by atoms with Crippen molar-refractivity contribution in [3.63, 3.8) is 0 Å². The number of amides is 1. The van der Waals surface area contributed by atoms with E-state index >= 15 is 0 Å². The molecule has 0 spiro atoms. The second kappa shape index (κ2) is 7.01. The van der Waals surface area contributed by atoms with E-state index in [1.165, 1.54) is 5.06 Å². The van der Waals surface area contributed by atoms with Crippen LogP contribution in [0.1, 0.15) is 33.1 Å². The summed E-state index contributed by atoms with van der Waals surface area (Å²) in [5.41, 5.74) is 0.800. The lowest BCUT2D eigenvalue weighted by molar-refractivity contribution is -0.126. The summed E-state index contributed by atoms with van der Waals surface area (Å²) in [6.07, 6.45) is 2.24. The van der Waals surface area contributed by atoms with E-state index in [2.05, 4.69) is 0 Å². The van der Waals surface area contributed by atoms with E-state index < -0.39 is 0 Å². The Hall–Kier alpha value is -1.35. The average Bonchev–Trinajstić information content (AvgIpc) is 2.31. The van der Waals surface area contributed by atoms with Crippen LogP contribution in [0.3, 0.4) is 0 Å². The van der Waals surface area contributed by atoms with Gasteiger partial charge in [-0.2, -0.15) is 5.06 Å². The molecule has 3 heteroatoms. The number of hydroxylamine groups is 1. The molecule has 0 atom stereocenters. The number of nitrogens with zero attached hydrogens (tertiary/aromatic N) is 1. The van der Waals surface area contributed by atoms with Crippen LogP contribution in [0.5, 0.6) is 0 Å². The van der Waals surface area contributed by atoms with Gasteiger partial charge in [-0.15, -0.1) is 0 Å². The Balaban J connectivity index is 2.74. The molecule has 0 unspecified atom stereocenters. The van der Waals surface area contributed by atoms with Crippen molar-refractivity contribution in [2.24, 2.45) is 0 Å². The van der Waals surface area contributed by atoms with E-state index in [-0.39, 0.29) is 5.91 Å². The van der Waals surface area contributed by atoms with Crippen LogP contribution in [-0.4, -0.2) is 12.5 Å². The van der Waals surface area contributed by atoms with Crippen molar-refractivity contribution in [1.29, 1.82) is 0 Å². The number of para-hydroxylation sites is 1. The Morgan fingerprint density at radius 3 is 2.44 bits per heavy atom. The molecule has 1 aromatic rings. The maximum absolute atomic E-state index is 11.9. The summed E-state index contributed by atoms with van der Waals surface area (Å²) in [5.74, 6) is 0.0159. The smallest absolute Gasteiger partial charge is 0.250 e. The minimum atomic E-state index is 0.0159. The normalized spacial score (nSPS) is 10.1. The quantitative estimate of drug-likeness (QED) is 0.690. The number of benzene rings is 1. The molecule has 0 aliphatic heterocycles. The molecule has 88 valence electrons. The van der Waals surface area contributed by atoms with Crippen LogP contribution >= 0.6 is 0 Å². The van der Waals surface area contributed by atoms with Crippen molar-refractivity contribution in [2.75, 3.05) is 11.7 Å². The van der Waals surface area contributed by atoms with Gasteiger partial charge in [0.05, 0.1) is 12.3 Å². The van der Waals surface area contributed by atoms with Crippen molar-refractivity contribution in [3.05, 3.63) is 30.3 Å². The highest BCUT2D eigenvalue weighted by molar-refractivity contribution is 5.91. The molecule has 3 nitrogen and oxygen atoms in total. The first-order chi connectivity index (χ1) is 7.79. The van der Waals surface area contributed by atoms with Crippen LogP contribution in [-0.2, 0) is 9.63 Å². The van der Waals surface area contributed by atoms with E-state index in [4.69, 9.17) is 4.84 Å². The molecule has 0 bridgehead atoms. The third kappa shape index (κ3) is 3.66. The predicted molar refractivity (Wildman–Crippen MR) is 65.1 cm³/mol. The molecule has 0 heterocycles. The largest absolute Gasteiger partial charge is 0.272 e. The summed E-state index contributed by atoms with van der Waals surface area (Å²) >= 11 is 0. The Kier molecular flexibility index (Phi) is 5.57. The zero-order valence-corrected chi connectivity index (χ0v) is 9.98. The monoisotopic (exact) mass is 221 g/mol. The Labute approximate surface area is 97.0 Å². The van der Waals surface area contributed by atoms with Crippen molar-refractivity contribution < 1.29 is 9.63 Å². The van der Waals surface area contributed by atoms with Gasteiger partial charge in [0.1, 0.15) is 0 Å². The fourth-order valence-corrected chi connectivity index (χ4v) is 1.35. The van der Waals surface area contributed by atoms with Gasteiger partial charge in [-0.25, -0.2) is 0 Å². The van der Waals surface area contributed by atoms with Crippen LogP contribution in [0, 0.1) is 0 Å². The lowest BCUT2D eigenvalue weighted by atomic mass is 10.3. The van der Waals surface area contributed by atoms with Gasteiger partial charge in [0.25, 0.3) is 5.91 Å². The highest BCUT2D eigenvalue weighted by Gasteiger charge is 2.14. The Morgan fingerprint density at radius 1 is 1.19 bits per heavy atom. The van der Waals surface area contributed by atoms with Gasteiger partial charge in [-0.1, -0.05) is 32.0 Å². The molecule has 0 saturated heterocycles. The summed E-state index contributed by atoms with van der Waals surface area (Å²) in [6.45, 7) is 4.57. The summed E-state index contributed by atoms with van der Waals surface area (Å²) in [5, 5.41) is 1.41. The van der Waals surface area contributed by atoms with Gasteiger partial charge in [0.2, 0.25) is 0 Å². The van der Waals surface area contributed by atoms with Gasteiger partial charge in [0.15, 0.2) is 0 Å². The van der Waals surface area contributed by atoms with Gasteiger partial charge < -0.3 is 0 Å². The van der Waals surface area contributed by atoms with E-state index in [1.807, 2.05) is 44.2 Å². The second-order valence-corrected chi connectivity index (χ2v) is 3.61. The maximum Gasteiger partial charge on any atom is 0.250 e. The maximum atomic E-state index is 11.9. The highest BCUT2D eigenvalue weighted by Crippen LogP contribution is 2.15. The van der Waals surface area contributed by atoms with E-state index in [9.17, 15) is 4.79 Å². The Morgan fingerprint density at radius 2 is 1.88 bits per heavy atom. The minimum Gasteiger partial charge on any atom is -0.272 e. The van der Waals surface area contributed by atoms with Crippen LogP contribution in [0.2, 0.25) is 0 Å².